The van der Waals surface area contributed by atoms with Crippen LogP contribution >= 0.6 is 23.1 Å². The highest BCUT2D eigenvalue weighted by molar-refractivity contribution is 7.13. The van der Waals surface area contributed by atoms with Crippen molar-refractivity contribution in [2.45, 2.75) is 76.7 Å². The number of aromatic nitrogens is 5. The molecule has 204 valence electrons. The number of benzene rings is 1. The highest BCUT2D eigenvalue weighted by atomic mass is 35.5. The first-order chi connectivity index (χ1) is 18.5. The minimum atomic E-state index is -1.77. The van der Waals surface area contributed by atoms with Gasteiger partial charge in [-0.2, -0.15) is 5.10 Å². The molecule has 6 rings (SSSR count). The van der Waals surface area contributed by atoms with Gasteiger partial charge in [-0.3, -0.25) is 4.68 Å². The number of nitrogen functional groups attached to an aromatic ring is 1. The summed E-state index contributed by atoms with van der Waals surface area (Å²) >= 11 is 8.30. The molecule has 4 aromatic heterocycles. The number of hydrogen-bond donors (Lipinski definition) is 1. The third-order valence-electron chi connectivity index (χ3n) is 8.40. The fraction of sp³-hybridized carbons (Fsp3) is 0.429. The molecule has 0 spiro atoms. The lowest BCUT2D eigenvalue weighted by atomic mass is 9.93. The van der Waals surface area contributed by atoms with Gasteiger partial charge >= 0.3 is 0 Å². The lowest BCUT2D eigenvalue weighted by Gasteiger charge is -2.41. The van der Waals surface area contributed by atoms with Gasteiger partial charge in [0.05, 0.1) is 27.3 Å². The summed E-state index contributed by atoms with van der Waals surface area (Å²) in [5.74, 6) is 0.834. The zero-order valence-electron chi connectivity index (χ0n) is 22.9. The van der Waals surface area contributed by atoms with E-state index in [9.17, 15) is 0 Å². The molecule has 1 fully saturated rings. The van der Waals surface area contributed by atoms with Crippen LogP contribution in [0.1, 0.15) is 52.5 Å². The molecule has 0 aliphatic heterocycles. The molecule has 1 saturated carbocycles. The summed E-state index contributed by atoms with van der Waals surface area (Å²) in [6.45, 7) is 11.6. The van der Waals surface area contributed by atoms with E-state index in [-0.39, 0.29) is 5.04 Å². The molecule has 1 aromatic carbocycles. The van der Waals surface area contributed by atoms with Crippen molar-refractivity contribution in [3.05, 3.63) is 41.8 Å². The highest BCUT2D eigenvalue weighted by Crippen LogP contribution is 2.46. The minimum absolute atomic E-state index is 0.220. The first-order valence-electron chi connectivity index (χ1n) is 13.3. The largest absolute Gasteiger partial charge is 0.450 e. The van der Waals surface area contributed by atoms with Crippen molar-refractivity contribution in [3.63, 3.8) is 0 Å². The van der Waals surface area contributed by atoms with Crippen molar-refractivity contribution in [3.8, 4) is 22.5 Å². The second-order valence-electron chi connectivity index (χ2n) is 12.0. The first-order valence-corrected chi connectivity index (χ1v) is 17.4. The molecule has 5 aromatic rings. The summed E-state index contributed by atoms with van der Waals surface area (Å²) in [6, 6.07) is 6.13. The van der Waals surface area contributed by atoms with Crippen LogP contribution in [0, 0.1) is 0 Å². The Hall–Kier alpha value is -2.79. The molecule has 1 aliphatic carbocycles. The molecule has 4 heterocycles. The van der Waals surface area contributed by atoms with Crippen molar-refractivity contribution in [2.24, 2.45) is 0 Å². The van der Waals surface area contributed by atoms with Crippen LogP contribution in [-0.4, -0.2) is 38.8 Å². The molecule has 0 bridgehead atoms. The Labute approximate surface area is 237 Å². The molecule has 0 radical (unpaired) electrons. The number of fused-ring (bicyclic) bond motifs is 2. The number of anilines is 1. The number of nitrogens with zero attached hydrogens (tertiary/aromatic N) is 5. The average Bonchev–Trinajstić information content (AvgIpc) is 3.63. The maximum absolute atomic E-state index is 6.99. The first kappa shape index (κ1) is 26.4. The van der Waals surface area contributed by atoms with E-state index in [1.54, 1.807) is 6.20 Å². The molecule has 0 atom stereocenters. The lowest BCUT2D eigenvalue weighted by Crippen LogP contribution is -2.44. The van der Waals surface area contributed by atoms with Crippen LogP contribution < -0.4 is 5.73 Å². The quantitative estimate of drug-likeness (QED) is 0.209. The van der Waals surface area contributed by atoms with Crippen LogP contribution in [0.5, 0.6) is 0 Å². The molecule has 0 amide bonds. The van der Waals surface area contributed by atoms with E-state index in [1.807, 2.05) is 24.4 Å². The van der Waals surface area contributed by atoms with E-state index in [0.29, 0.717) is 34.3 Å². The standard InChI is InChI=1S/C28H33ClN6O2SSi/c1-28(2,3)39(4,5)37-18-11-9-17(10-12-18)35-15-16(13-32-35)20-14-31-27(30)25-22(20)23(29)24(36-25)19-7-6-8-21-26(19)38-34-33-21/h6-8,13-15,17-18H,9-12H2,1-5H3,(H2,30,31). The Morgan fingerprint density at radius 3 is 2.64 bits per heavy atom. The fourth-order valence-corrected chi connectivity index (χ4v) is 7.59. The number of hydrogen-bond acceptors (Lipinski definition) is 8. The van der Waals surface area contributed by atoms with Crippen LogP contribution in [0.4, 0.5) is 5.82 Å². The Morgan fingerprint density at radius 2 is 1.90 bits per heavy atom. The molecular weight excluding hydrogens is 548 g/mol. The zero-order valence-corrected chi connectivity index (χ0v) is 25.4. The van der Waals surface area contributed by atoms with Gasteiger partial charge in [-0.05, 0) is 67.5 Å². The summed E-state index contributed by atoms with van der Waals surface area (Å²) in [5.41, 5.74) is 10.1. The Morgan fingerprint density at radius 1 is 1.13 bits per heavy atom. The molecular formula is C28H33ClN6O2SSi. The fourth-order valence-electron chi connectivity index (χ4n) is 5.16. The van der Waals surface area contributed by atoms with Crippen LogP contribution in [-0.2, 0) is 4.43 Å². The molecule has 1 aliphatic rings. The van der Waals surface area contributed by atoms with Crippen LogP contribution in [0.3, 0.4) is 0 Å². The third kappa shape index (κ3) is 4.67. The molecule has 39 heavy (non-hydrogen) atoms. The Kier molecular flexibility index (Phi) is 6.57. The molecule has 11 heteroatoms. The van der Waals surface area contributed by atoms with Gasteiger partial charge in [0.1, 0.15) is 5.52 Å². The monoisotopic (exact) mass is 580 g/mol. The number of furan rings is 1. The summed E-state index contributed by atoms with van der Waals surface area (Å²) in [5, 5.41) is 10.4. The van der Waals surface area contributed by atoms with Crippen LogP contribution in [0.15, 0.2) is 41.2 Å². The summed E-state index contributed by atoms with van der Waals surface area (Å²) in [7, 11) is -1.77. The SMILES string of the molecule is CC(C)(C)[Si](C)(C)OC1CCC(n2cc(-c3cnc(N)c4oc(-c5cccc6nnsc56)c(Cl)c34)cn2)CC1. The Balaban J connectivity index is 1.28. The van der Waals surface area contributed by atoms with Crippen LogP contribution in [0.2, 0.25) is 23.2 Å². The van der Waals surface area contributed by atoms with E-state index < -0.39 is 8.32 Å². The van der Waals surface area contributed by atoms with Gasteiger partial charge in [-0.25, -0.2) is 4.98 Å². The van der Waals surface area contributed by atoms with Gasteiger partial charge in [-0.15, -0.1) is 5.10 Å². The minimum Gasteiger partial charge on any atom is -0.450 e. The number of nitrogens with two attached hydrogens (primary N) is 1. The van der Waals surface area contributed by atoms with E-state index in [1.165, 1.54) is 11.5 Å². The number of halogens is 1. The normalized spacial score (nSPS) is 18.8. The summed E-state index contributed by atoms with van der Waals surface area (Å²) in [6.07, 6.45) is 10.2. The second-order valence-corrected chi connectivity index (χ2v) is 17.8. The van der Waals surface area contributed by atoms with Gasteiger partial charge in [-0.1, -0.05) is 42.9 Å². The maximum Gasteiger partial charge on any atom is 0.192 e. The number of pyridine rings is 1. The van der Waals surface area contributed by atoms with Crippen molar-refractivity contribution in [1.82, 2.24) is 24.4 Å². The van der Waals surface area contributed by atoms with E-state index in [2.05, 4.69) is 59.3 Å². The molecule has 2 N–H and O–H groups in total. The van der Waals surface area contributed by atoms with Crippen molar-refractivity contribution in [2.75, 3.05) is 5.73 Å². The van der Waals surface area contributed by atoms with Gasteiger partial charge in [0, 0.05) is 35.2 Å². The predicted octanol–water partition coefficient (Wildman–Crippen LogP) is 8.10. The van der Waals surface area contributed by atoms with E-state index in [0.717, 1.165) is 58.0 Å². The predicted molar refractivity (Wildman–Crippen MR) is 161 cm³/mol. The maximum atomic E-state index is 6.99. The van der Waals surface area contributed by atoms with Gasteiger partial charge in [0.2, 0.25) is 0 Å². The Bertz CT molecular complexity index is 1660. The summed E-state index contributed by atoms with van der Waals surface area (Å²) < 4.78 is 20.0. The number of rotatable bonds is 5. The zero-order chi connectivity index (χ0) is 27.5. The van der Waals surface area contributed by atoms with Crippen molar-refractivity contribution in [1.29, 1.82) is 0 Å². The molecule has 8 nitrogen and oxygen atoms in total. The van der Waals surface area contributed by atoms with Crippen molar-refractivity contribution < 1.29 is 8.84 Å². The van der Waals surface area contributed by atoms with Gasteiger partial charge in [0.15, 0.2) is 25.5 Å². The van der Waals surface area contributed by atoms with E-state index in [4.69, 9.17) is 31.3 Å². The topological polar surface area (TPSA) is 105 Å². The summed E-state index contributed by atoms with van der Waals surface area (Å²) in [4.78, 5) is 4.42. The second kappa shape index (κ2) is 9.69. The van der Waals surface area contributed by atoms with Crippen molar-refractivity contribution >= 4 is 58.5 Å². The highest BCUT2D eigenvalue weighted by Gasteiger charge is 2.40. The van der Waals surface area contributed by atoms with Gasteiger partial charge < -0.3 is 14.6 Å². The third-order valence-corrected chi connectivity index (χ3v) is 14.1. The average molecular weight is 581 g/mol. The van der Waals surface area contributed by atoms with Crippen LogP contribution in [0.25, 0.3) is 43.6 Å². The molecule has 0 saturated heterocycles. The smallest absolute Gasteiger partial charge is 0.192 e. The molecule has 0 unspecified atom stereocenters. The van der Waals surface area contributed by atoms with Gasteiger partial charge in [0.25, 0.3) is 0 Å². The van der Waals surface area contributed by atoms with E-state index >= 15 is 0 Å². The lowest BCUT2D eigenvalue weighted by molar-refractivity contribution is 0.115.